The molecule has 1 aromatic rings. The van der Waals surface area contributed by atoms with Crippen molar-refractivity contribution in [2.75, 3.05) is 18.5 Å². The molecule has 1 aromatic carbocycles. The first kappa shape index (κ1) is 19.8. The van der Waals surface area contributed by atoms with Crippen molar-refractivity contribution in [2.45, 2.75) is 72.3 Å². The van der Waals surface area contributed by atoms with Crippen molar-refractivity contribution in [2.24, 2.45) is 5.92 Å². The topological polar surface area (TPSA) is 47.6 Å². The predicted molar refractivity (Wildman–Crippen MR) is 102 cm³/mol. The summed E-state index contributed by atoms with van der Waals surface area (Å²) in [4.78, 5) is 13.0. The second-order valence-corrected chi connectivity index (χ2v) is 7.37. The lowest BCUT2D eigenvalue weighted by molar-refractivity contribution is -0.147. The molecule has 4 nitrogen and oxygen atoms in total. The second kappa shape index (κ2) is 8.70. The maximum absolute atomic E-state index is 13.0. The number of carbonyl (C=O) groups is 1. The number of rotatable bonds is 7. The van der Waals surface area contributed by atoms with Gasteiger partial charge >= 0.3 is 0 Å². The average molecular weight is 347 g/mol. The standard InChI is InChI=1S/C21H33NO3/c1-6-11-24-19-16(4)12-18(13-17(19)5)22-20(23)21(25-7-2)10-8-9-15(3)14-21/h12-13,15H,6-11,14H2,1-5H3,(H,22,23)/t15-,21-/m0/s1. The first-order valence-electron chi connectivity index (χ1n) is 9.61. The molecule has 1 saturated carbocycles. The molecule has 0 aliphatic heterocycles. The lowest BCUT2D eigenvalue weighted by atomic mass is 9.78. The smallest absolute Gasteiger partial charge is 0.256 e. The number of ether oxygens (including phenoxy) is 2. The summed E-state index contributed by atoms with van der Waals surface area (Å²) in [6.07, 6.45) is 4.78. The van der Waals surface area contributed by atoms with E-state index in [4.69, 9.17) is 9.47 Å². The summed E-state index contributed by atoms with van der Waals surface area (Å²) in [5.74, 6) is 1.42. The van der Waals surface area contributed by atoms with Gasteiger partial charge in [-0.15, -0.1) is 0 Å². The van der Waals surface area contributed by atoms with Crippen molar-refractivity contribution >= 4 is 11.6 Å². The van der Waals surface area contributed by atoms with Crippen LogP contribution in [0.4, 0.5) is 5.69 Å². The fourth-order valence-corrected chi connectivity index (χ4v) is 3.88. The Bertz CT molecular complexity index is 572. The molecule has 0 saturated heterocycles. The van der Waals surface area contributed by atoms with Crippen LogP contribution in [0.25, 0.3) is 0 Å². The molecule has 0 spiro atoms. The Kier molecular flexibility index (Phi) is 6.88. The lowest BCUT2D eigenvalue weighted by Gasteiger charge is -2.38. The van der Waals surface area contributed by atoms with E-state index >= 15 is 0 Å². The van der Waals surface area contributed by atoms with Crippen LogP contribution >= 0.6 is 0 Å². The van der Waals surface area contributed by atoms with Gasteiger partial charge in [0.25, 0.3) is 5.91 Å². The minimum absolute atomic E-state index is 0.0121. The summed E-state index contributed by atoms with van der Waals surface area (Å²) < 4.78 is 11.8. The minimum Gasteiger partial charge on any atom is -0.493 e. The molecule has 0 aromatic heterocycles. The molecule has 0 heterocycles. The third-order valence-electron chi connectivity index (χ3n) is 4.96. The second-order valence-electron chi connectivity index (χ2n) is 7.37. The van der Waals surface area contributed by atoms with Gasteiger partial charge in [-0.3, -0.25) is 4.79 Å². The quantitative estimate of drug-likeness (QED) is 0.753. The molecule has 25 heavy (non-hydrogen) atoms. The summed E-state index contributed by atoms with van der Waals surface area (Å²) in [7, 11) is 0. The van der Waals surface area contributed by atoms with Gasteiger partial charge in [0.1, 0.15) is 11.4 Å². The van der Waals surface area contributed by atoms with Crippen molar-refractivity contribution in [3.05, 3.63) is 23.3 Å². The maximum Gasteiger partial charge on any atom is 0.256 e. The fraction of sp³-hybridized carbons (Fsp3) is 0.667. The molecule has 0 bridgehead atoms. The van der Waals surface area contributed by atoms with Gasteiger partial charge in [0.05, 0.1) is 6.61 Å². The zero-order valence-electron chi connectivity index (χ0n) is 16.4. The van der Waals surface area contributed by atoms with Gasteiger partial charge in [-0.2, -0.15) is 0 Å². The SMILES string of the molecule is CCCOc1c(C)cc(NC(=O)[C@]2(OCC)CCC[C@H](C)C2)cc1C. The zero-order chi connectivity index (χ0) is 18.4. The highest BCUT2D eigenvalue weighted by Crippen LogP contribution is 2.37. The summed E-state index contributed by atoms with van der Waals surface area (Å²) in [6.45, 7) is 11.6. The monoisotopic (exact) mass is 347 g/mol. The average Bonchev–Trinajstić information content (AvgIpc) is 2.54. The molecule has 4 heteroatoms. The summed E-state index contributed by atoms with van der Waals surface area (Å²) in [5.41, 5.74) is 2.23. The Labute approximate surface area is 152 Å². The number of nitrogens with one attached hydrogen (secondary N) is 1. The number of anilines is 1. The van der Waals surface area contributed by atoms with Crippen LogP contribution in [-0.4, -0.2) is 24.7 Å². The number of carbonyl (C=O) groups excluding carboxylic acids is 1. The number of aryl methyl sites for hydroxylation is 2. The molecule has 2 rings (SSSR count). The van der Waals surface area contributed by atoms with Crippen molar-refractivity contribution < 1.29 is 14.3 Å². The highest BCUT2D eigenvalue weighted by atomic mass is 16.5. The fourth-order valence-electron chi connectivity index (χ4n) is 3.88. The Balaban J connectivity index is 2.18. The maximum atomic E-state index is 13.0. The van der Waals surface area contributed by atoms with E-state index in [0.717, 1.165) is 48.2 Å². The molecule has 1 amide bonds. The van der Waals surface area contributed by atoms with Gasteiger partial charge in [-0.05, 0) is 75.6 Å². The first-order valence-corrected chi connectivity index (χ1v) is 9.61. The highest BCUT2D eigenvalue weighted by molar-refractivity contribution is 5.97. The number of hydrogen-bond acceptors (Lipinski definition) is 3. The molecular formula is C21H33NO3. The van der Waals surface area contributed by atoms with Gasteiger partial charge in [0.15, 0.2) is 0 Å². The van der Waals surface area contributed by atoms with Crippen LogP contribution in [0.15, 0.2) is 12.1 Å². The molecule has 1 N–H and O–H groups in total. The first-order chi connectivity index (χ1) is 11.9. The van der Waals surface area contributed by atoms with Crippen LogP contribution in [0.2, 0.25) is 0 Å². The van der Waals surface area contributed by atoms with Gasteiger partial charge in [-0.25, -0.2) is 0 Å². The zero-order valence-corrected chi connectivity index (χ0v) is 16.4. The molecule has 0 radical (unpaired) electrons. The van der Waals surface area contributed by atoms with E-state index in [-0.39, 0.29) is 5.91 Å². The van der Waals surface area contributed by atoms with E-state index in [1.165, 1.54) is 6.42 Å². The van der Waals surface area contributed by atoms with Crippen LogP contribution in [0, 0.1) is 19.8 Å². The molecule has 1 aliphatic rings. The number of benzene rings is 1. The normalized spacial score (nSPS) is 23.3. The summed E-state index contributed by atoms with van der Waals surface area (Å²) >= 11 is 0. The van der Waals surface area contributed by atoms with Crippen LogP contribution in [0.1, 0.15) is 64.0 Å². The van der Waals surface area contributed by atoms with Crippen molar-refractivity contribution in [3.63, 3.8) is 0 Å². The van der Waals surface area contributed by atoms with Crippen LogP contribution < -0.4 is 10.1 Å². The van der Waals surface area contributed by atoms with E-state index in [1.807, 2.05) is 32.9 Å². The third kappa shape index (κ3) is 4.75. The van der Waals surface area contributed by atoms with Crippen molar-refractivity contribution in [3.8, 4) is 5.75 Å². The molecule has 140 valence electrons. The van der Waals surface area contributed by atoms with Crippen molar-refractivity contribution in [1.29, 1.82) is 0 Å². The summed E-state index contributed by atoms with van der Waals surface area (Å²) in [6, 6.07) is 3.98. The summed E-state index contributed by atoms with van der Waals surface area (Å²) in [5, 5.41) is 3.10. The van der Waals surface area contributed by atoms with Crippen LogP contribution in [0.3, 0.4) is 0 Å². The molecular weight excluding hydrogens is 314 g/mol. The highest BCUT2D eigenvalue weighted by Gasteiger charge is 2.42. The van der Waals surface area contributed by atoms with Crippen LogP contribution in [-0.2, 0) is 9.53 Å². The van der Waals surface area contributed by atoms with Gasteiger partial charge in [-0.1, -0.05) is 20.3 Å². The van der Waals surface area contributed by atoms with E-state index in [0.29, 0.717) is 19.1 Å². The molecule has 2 atom stereocenters. The Morgan fingerprint density at radius 1 is 1.28 bits per heavy atom. The molecule has 1 fully saturated rings. The Hall–Kier alpha value is -1.55. The van der Waals surface area contributed by atoms with Crippen LogP contribution in [0.5, 0.6) is 5.75 Å². The molecule has 0 unspecified atom stereocenters. The largest absolute Gasteiger partial charge is 0.493 e. The minimum atomic E-state index is -0.689. The van der Waals surface area contributed by atoms with E-state index in [1.54, 1.807) is 0 Å². The van der Waals surface area contributed by atoms with Gasteiger partial charge in [0, 0.05) is 12.3 Å². The third-order valence-corrected chi connectivity index (χ3v) is 4.96. The van der Waals surface area contributed by atoms with E-state index < -0.39 is 5.60 Å². The molecule has 1 aliphatic carbocycles. The number of hydrogen-bond donors (Lipinski definition) is 1. The van der Waals surface area contributed by atoms with E-state index in [9.17, 15) is 4.79 Å². The van der Waals surface area contributed by atoms with Crippen molar-refractivity contribution in [1.82, 2.24) is 0 Å². The lowest BCUT2D eigenvalue weighted by Crippen LogP contribution is -2.48. The Morgan fingerprint density at radius 3 is 2.52 bits per heavy atom. The number of amides is 1. The van der Waals surface area contributed by atoms with E-state index in [2.05, 4.69) is 19.2 Å². The Morgan fingerprint density at radius 2 is 1.96 bits per heavy atom. The predicted octanol–water partition coefficient (Wildman–Crippen LogP) is 5.02. The van der Waals surface area contributed by atoms with Gasteiger partial charge in [0.2, 0.25) is 0 Å². The van der Waals surface area contributed by atoms with Gasteiger partial charge < -0.3 is 14.8 Å².